The van der Waals surface area contributed by atoms with Crippen molar-refractivity contribution in [3.05, 3.63) is 0 Å². The van der Waals surface area contributed by atoms with E-state index in [2.05, 4.69) is 5.43 Å². The number of hydrazine groups is 1. The predicted octanol–water partition coefficient (Wildman–Crippen LogP) is -0.456. The van der Waals surface area contributed by atoms with Crippen LogP contribution in [0.5, 0.6) is 0 Å². The van der Waals surface area contributed by atoms with E-state index in [0.717, 1.165) is 19.3 Å². The number of nitrogens with one attached hydrogen (secondary N) is 1. The molecule has 0 radical (unpaired) electrons. The van der Waals surface area contributed by atoms with Crippen molar-refractivity contribution < 1.29 is 9.53 Å². The average molecular weight is 156 g/mol. The first kappa shape index (κ1) is 7.06. The largest absolute Gasteiger partial charge is 0.374 e. The molecule has 0 aromatic heterocycles. The fourth-order valence-electron chi connectivity index (χ4n) is 2.02. The Bertz CT molecular complexity index is 183. The highest BCUT2D eigenvalue weighted by molar-refractivity contribution is 5.79. The number of ether oxygens (including phenoxy) is 1. The van der Waals surface area contributed by atoms with E-state index in [1.807, 2.05) is 0 Å². The molecule has 4 heteroatoms. The van der Waals surface area contributed by atoms with E-state index < -0.39 is 0 Å². The summed E-state index contributed by atoms with van der Waals surface area (Å²) in [7, 11) is 0. The zero-order chi connectivity index (χ0) is 7.84. The summed E-state index contributed by atoms with van der Waals surface area (Å²) in [6.07, 6.45) is 3.45. The molecule has 11 heavy (non-hydrogen) atoms. The summed E-state index contributed by atoms with van der Waals surface area (Å²) in [4.78, 5) is 11.1. The van der Waals surface area contributed by atoms with Crippen molar-refractivity contribution in [2.24, 2.45) is 11.8 Å². The number of fused-ring (bicyclic) bond motifs is 2. The van der Waals surface area contributed by atoms with E-state index in [1.54, 1.807) is 0 Å². The summed E-state index contributed by atoms with van der Waals surface area (Å²) in [6.45, 7) is 0. The van der Waals surface area contributed by atoms with Gasteiger partial charge in [-0.25, -0.2) is 5.84 Å². The van der Waals surface area contributed by atoms with Gasteiger partial charge in [0.15, 0.2) is 0 Å². The molecule has 3 N–H and O–H groups in total. The van der Waals surface area contributed by atoms with Gasteiger partial charge in [0.05, 0.1) is 18.1 Å². The lowest BCUT2D eigenvalue weighted by Gasteiger charge is -2.15. The Balaban J connectivity index is 2.02. The average Bonchev–Trinajstić information content (AvgIpc) is 2.62. The maximum Gasteiger partial charge on any atom is 0.239 e. The van der Waals surface area contributed by atoms with Crippen LogP contribution in [-0.4, -0.2) is 18.1 Å². The number of amides is 1. The SMILES string of the molecule is NNC(=O)[C@@H]1C[C@H]2CC[C@H]1O2. The molecule has 0 aromatic carbocycles. The van der Waals surface area contributed by atoms with Gasteiger partial charge < -0.3 is 4.74 Å². The van der Waals surface area contributed by atoms with E-state index in [1.165, 1.54) is 0 Å². The monoisotopic (exact) mass is 156 g/mol. The van der Waals surface area contributed by atoms with Gasteiger partial charge in [0.2, 0.25) is 5.91 Å². The number of hydrogen-bond donors (Lipinski definition) is 2. The molecule has 2 bridgehead atoms. The third kappa shape index (κ3) is 1.02. The van der Waals surface area contributed by atoms with Gasteiger partial charge in [-0.3, -0.25) is 10.2 Å². The summed E-state index contributed by atoms with van der Waals surface area (Å²) in [5.41, 5.74) is 2.17. The Morgan fingerprint density at radius 3 is 2.82 bits per heavy atom. The molecule has 0 spiro atoms. The molecule has 2 aliphatic heterocycles. The molecule has 0 unspecified atom stereocenters. The minimum Gasteiger partial charge on any atom is -0.374 e. The van der Waals surface area contributed by atoms with Crippen molar-refractivity contribution in [1.29, 1.82) is 0 Å². The summed E-state index contributed by atoms with van der Waals surface area (Å²) in [6, 6.07) is 0. The van der Waals surface area contributed by atoms with Gasteiger partial charge in [-0.05, 0) is 19.3 Å². The molecule has 3 atom stereocenters. The van der Waals surface area contributed by atoms with Crippen molar-refractivity contribution in [1.82, 2.24) is 5.43 Å². The first-order valence-corrected chi connectivity index (χ1v) is 3.97. The number of rotatable bonds is 1. The summed E-state index contributed by atoms with van der Waals surface area (Å²) in [5.74, 6) is 4.97. The van der Waals surface area contributed by atoms with Crippen molar-refractivity contribution in [3.63, 3.8) is 0 Å². The van der Waals surface area contributed by atoms with Gasteiger partial charge >= 0.3 is 0 Å². The van der Waals surface area contributed by atoms with E-state index in [-0.39, 0.29) is 17.9 Å². The van der Waals surface area contributed by atoms with Crippen LogP contribution in [0.25, 0.3) is 0 Å². The van der Waals surface area contributed by atoms with Crippen LogP contribution in [0.3, 0.4) is 0 Å². The van der Waals surface area contributed by atoms with Crippen LogP contribution >= 0.6 is 0 Å². The van der Waals surface area contributed by atoms with Crippen LogP contribution < -0.4 is 11.3 Å². The van der Waals surface area contributed by atoms with Crippen molar-refractivity contribution >= 4 is 5.91 Å². The predicted molar refractivity (Wildman–Crippen MR) is 38.3 cm³/mol. The summed E-state index contributed by atoms with van der Waals surface area (Å²) < 4.78 is 5.49. The van der Waals surface area contributed by atoms with E-state index in [9.17, 15) is 4.79 Å². The quantitative estimate of drug-likeness (QED) is 0.307. The Kier molecular flexibility index (Phi) is 1.58. The molecule has 2 rings (SSSR count). The molecule has 2 saturated heterocycles. The Morgan fingerprint density at radius 2 is 2.36 bits per heavy atom. The van der Waals surface area contributed by atoms with Gasteiger partial charge in [0, 0.05) is 0 Å². The Hall–Kier alpha value is -0.610. The number of hydrogen-bond acceptors (Lipinski definition) is 3. The first-order chi connectivity index (χ1) is 5.31. The molecule has 4 nitrogen and oxygen atoms in total. The fraction of sp³-hybridized carbons (Fsp3) is 0.857. The summed E-state index contributed by atoms with van der Waals surface area (Å²) in [5, 5.41) is 0. The zero-order valence-corrected chi connectivity index (χ0v) is 6.25. The third-order valence-electron chi connectivity index (χ3n) is 2.59. The minimum atomic E-state index is -0.0720. The van der Waals surface area contributed by atoms with Crippen LogP contribution in [0.1, 0.15) is 19.3 Å². The standard InChI is InChI=1S/C7H12N2O2/c8-9-7(10)5-3-4-1-2-6(5)11-4/h4-6H,1-3,8H2,(H,9,10)/t4-,5-,6-/m1/s1. The first-order valence-electron chi connectivity index (χ1n) is 3.97. The van der Waals surface area contributed by atoms with Gasteiger partial charge in [-0.1, -0.05) is 0 Å². The smallest absolute Gasteiger partial charge is 0.239 e. The lowest BCUT2D eigenvalue weighted by molar-refractivity contribution is -0.126. The van der Waals surface area contributed by atoms with Crippen LogP contribution in [0.4, 0.5) is 0 Å². The molecule has 2 fully saturated rings. The molecule has 0 aliphatic carbocycles. The second-order valence-electron chi connectivity index (χ2n) is 3.22. The fourth-order valence-corrected chi connectivity index (χ4v) is 2.02. The van der Waals surface area contributed by atoms with Crippen LogP contribution in [-0.2, 0) is 9.53 Å². The molecule has 2 aliphatic rings. The van der Waals surface area contributed by atoms with Gasteiger partial charge in [0.25, 0.3) is 0 Å². The van der Waals surface area contributed by atoms with Crippen LogP contribution in [0.2, 0.25) is 0 Å². The molecule has 2 heterocycles. The highest BCUT2D eigenvalue weighted by atomic mass is 16.5. The van der Waals surface area contributed by atoms with Gasteiger partial charge in [-0.15, -0.1) is 0 Å². The molecule has 62 valence electrons. The number of nitrogens with two attached hydrogens (primary N) is 1. The Labute approximate surface area is 65.1 Å². The van der Waals surface area contributed by atoms with E-state index >= 15 is 0 Å². The molecular formula is C7H12N2O2. The van der Waals surface area contributed by atoms with Crippen LogP contribution in [0, 0.1) is 5.92 Å². The maximum atomic E-state index is 11.1. The molecular weight excluding hydrogens is 144 g/mol. The second-order valence-corrected chi connectivity index (χ2v) is 3.22. The Morgan fingerprint density at radius 1 is 1.55 bits per heavy atom. The lowest BCUT2D eigenvalue weighted by Crippen LogP contribution is -2.39. The number of carbonyl (C=O) groups is 1. The van der Waals surface area contributed by atoms with Crippen molar-refractivity contribution in [3.8, 4) is 0 Å². The van der Waals surface area contributed by atoms with Crippen molar-refractivity contribution in [2.75, 3.05) is 0 Å². The lowest BCUT2D eigenvalue weighted by atomic mass is 9.89. The second kappa shape index (κ2) is 2.46. The van der Waals surface area contributed by atoms with Crippen LogP contribution in [0.15, 0.2) is 0 Å². The molecule has 0 aromatic rings. The maximum absolute atomic E-state index is 11.1. The van der Waals surface area contributed by atoms with E-state index in [0.29, 0.717) is 6.10 Å². The third-order valence-corrected chi connectivity index (χ3v) is 2.59. The zero-order valence-electron chi connectivity index (χ0n) is 6.25. The minimum absolute atomic E-state index is 0.0127. The molecule has 1 amide bonds. The number of carbonyl (C=O) groups excluding carboxylic acids is 1. The highest BCUT2D eigenvalue weighted by Crippen LogP contribution is 2.38. The summed E-state index contributed by atoms with van der Waals surface area (Å²) >= 11 is 0. The van der Waals surface area contributed by atoms with Crippen molar-refractivity contribution in [2.45, 2.75) is 31.5 Å². The highest BCUT2D eigenvalue weighted by Gasteiger charge is 2.44. The van der Waals surface area contributed by atoms with Gasteiger partial charge in [0.1, 0.15) is 0 Å². The van der Waals surface area contributed by atoms with E-state index in [4.69, 9.17) is 10.6 Å². The molecule has 0 saturated carbocycles. The topological polar surface area (TPSA) is 64.3 Å². The normalized spacial score (nSPS) is 41.0. The van der Waals surface area contributed by atoms with Gasteiger partial charge in [-0.2, -0.15) is 0 Å².